The largest absolute Gasteiger partial charge is 0.416 e. The summed E-state index contributed by atoms with van der Waals surface area (Å²) in [4.78, 5) is 8.91. The standard InChI is InChI=1S/C15H16ClF3N2O/c1-10-14(9-16,7-8-22-2)21-13(20-10)11-3-5-12(6-4-11)15(17,18)19/h3-6H,7-9H2,1-2H3. The fourth-order valence-electron chi connectivity index (χ4n) is 2.21. The van der Waals surface area contributed by atoms with Crippen LogP contribution >= 0.6 is 11.6 Å². The predicted octanol–water partition coefficient (Wildman–Crippen LogP) is 3.94. The van der Waals surface area contributed by atoms with Gasteiger partial charge in [-0.2, -0.15) is 13.2 Å². The fraction of sp³-hybridized carbons (Fsp3) is 0.467. The molecule has 0 aromatic heterocycles. The Morgan fingerprint density at radius 3 is 2.36 bits per heavy atom. The van der Waals surface area contributed by atoms with E-state index in [4.69, 9.17) is 16.3 Å². The molecule has 1 atom stereocenters. The van der Waals surface area contributed by atoms with Gasteiger partial charge in [0.2, 0.25) is 0 Å². The van der Waals surface area contributed by atoms with Gasteiger partial charge in [0.1, 0.15) is 5.54 Å². The van der Waals surface area contributed by atoms with E-state index in [1.807, 2.05) is 6.92 Å². The lowest BCUT2D eigenvalue weighted by Gasteiger charge is -2.23. The van der Waals surface area contributed by atoms with Crippen molar-refractivity contribution in [2.75, 3.05) is 19.6 Å². The molecule has 0 radical (unpaired) electrons. The van der Waals surface area contributed by atoms with Crippen LogP contribution in [0.25, 0.3) is 0 Å². The number of hydrogen-bond acceptors (Lipinski definition) is 3. The summed E-state index contributed by atoms with van der Waals surface area (Å²) < 4.78 is 42.8. The Kier molecular flexibility index (Phi) is 4.92. The molecule has 0 aliphatic carbocycles. The summed E-state index contributed by atoms with van der Waals surface area (Å²) in [5, 5.41) is 0. The molecule has 1 aliphatic rings. The molecule has 0 spiro atoms. The minimum atomic E-state index is -4.35. The normalized spacial score (nSPS) is 21.7. The van der Waals surface area contributed by atoms with Crippen LogP contribution in [-0.2, 0) is 10.9 Å². The van der Waals surface area contributed by atoms with E-state index in [1.54, 1.807) is 7.11 Å². The van der Waals surface area contributed by atoms with E-state index < -0.39 is 17.3 Å². The number of hydrogen-bond donors (Lipinski definition) is 0. The molecule has 3 nitrogen and oxygen atoms in total. The zero-order valence-electron chi connectivity index (χ0n) is 12.2. The molecule has 1 unspecified atom stereocenters. The quantitative estimate of drug-likeness (QED) is 0.752. The highest BCUT2D eigenvalue weighted by Crippen LogP contribution is 2.31. The molecule has 1 aromatic rings. The van der Waals surface area contributed by atoms with Crippen molar-refractivity contribution >= 4 is 23.1 Å². The van der Waals surface area contributed by atoms with Crippen LogP contribution in [0.15, 0.2) is 34.3 Å². The average molecular weight is 333 g/mol. The second-order valence-electron chi connectivity index (χ2n) is 5.12. The molecule has 120 valence electrons. The van der Waals surface area contributed by atoms with Gasteiger partial charge in [0.05, 0.1) is 11.4 Å². The summed E-state index contributed by atoms with van der Waals surface area (Å²) in [6, 6.07) is 4.80. The zero-order valence-corrected chi connectivity index (χ0v) is 13.0. The van der Waals surface area contributed by atoms with Gasteiger partial charge in [-0.1, -0.05) is 12.1 Å². The minimum absolute atomic E-state index is 0.246. The van der Waals surface area contributed by atoms with Gasteiger partial charge in [0, 0.05) is 31.4 Å². The van der Waals surface area contributed by atoms with E-state index in [9.17, 15) is 13.2 Å². The Bertz CT molecular complexity index is 596. The molecular weight excluding hydrogens is 317 g/mol. The monoisotopic (exact) mass is 332 g/mol. The highest BCUT2D eigenvalue weighted by molar-refractivity contribution is 6.23. The maximum absolute atomic E-state index is 12.6. The summed E-state index contributed by atoms with van der Waals surface area (Å²) in [6.45, 7) is 2.29. The molecule has 1 aliphatic heterocycles. The van der Waals surface area contributed by atoms with E-state index in [-0.39, 0.29) is 5.88 Å². The Balaban J connectivity index is 2.30. The second-order valence-corrected chi connectivity index (χ2v) is 5.38. The number of aliphatic imine (C=N–C) groups is 2. The Labute approximate surface area is 131 Å². The number of halogens is 4. The number of alkyl halides is 4. The molecule has 0 saturated carbocycles. The number of methoxy groups -OCH3 is 1. The first kappa shape index (κ1) is 17.0. The van der Waals surface area contributed by atoms with Crippen molar-refractivity contribution in [3.8, 4) is 0 Å². The van der Waals surface area contributed by atoms with E-state index in [0.29, 0.717) is 24.4 Å². The third-order valence-corrected chi connectivity index (χ3v) is 4.12. The van der Waals surface area contributed by atoms with Crippen LogP contribution < -0.4 is 0 Å². The Hall–Kier alpha value is -1.40. The minimum Gasteiger partial charge on any atom is -0.385 e. The van der Waals surface area contributed by atoms with Gasteiger partial charge in [-0.25, -0.2) is 4.99 Å². The van der Waals surface area contributed by atoms with Gasteiger partial charge in [0.15, 0.2) is 5.84 Å². The van der Waals surface area contributed by atoms with Crippen molar-refractivity contribution in [2.24, 2.45) is 9.98 Å². The summed E-state index contributed by atoms with van der Waals surface area (Å²) in [5.74, 6) is 0.651. The third kappa shape index (κ3) is 3.33. The number of amidine groups is 1. The van der Waals surface area contributed by atoms with Crippen molar-refractivity contribution in [1.82, 2.24) is 0 Å². The van der Waals surface area contributed by atoms with Crippen LogP contribution in [0, 0.1) is 0 Å². The summed E-state index contributed by atoms with van der Waals surface area (Å²) in [7, 11) is 1.59. The van der Waals surface area contributed by atoms with Crippen molar-refractivity contribution in [3.63, 3.8) is 0 Å². The first-order chi connectivity index (χ1) is 10.3. The van der Waals surface area contributed by atoms with E-state index in [1.165, 1.54) is 12.1 Å². The average Bonchev–Trinajstić information content (AvgIpc) is 2.82. The summed E-state index contributed by atoms with van der Waals surface area (Å²) >= 11 is 6.04. The van der Waals surface area contributed by atoms with Crippen LogP contribution in [0.4, 0.5) is 13.2 Å². The van der Waals surface area contributed by atoms with Crippen molar-refractivity contribution < 1.29 is 17.9 Å². The number of rotatable bonds is 5. The zero-order chi connectivity index (χ0) is 16.4. The molecule has 2 rings (SSSR count). The van der Waals surface area contributed by atoms with Gasteiger partial charge >= 0.3 is 6.18 Å². The van der Waals surface area contributed by atoms with Crippen molar-refractivity contribution in [2.45, 2.75) is 25.1 Å². The van der Waals surface area contributed by atoms with Crippen LogP contribution in [0.1, 0.15) is 24.5 Å². The second kappa shape index (κ2) is 6.38. The van der Waals surface area contributed by atoms with E-state index in [2.05, 4.69) is 9.98 Å². The van der Waals surface area contributed by atoms with Gasteiger partial charge in [-0.3, -0.25) is 4.99 Å². The molecule has 1 heterocycles. The number of ether oxygens (including phenoxy) is 1. The van der Waals surface area contributed by atoms with Crippen LogP contribution in [0.2, 0.25) is 0 Å². The first-order valence-electron chi connectivity index (χ1n) is 6.70. The molecule has 0 saturated heterocycles. The summed E-state index contributed by atoms with van der Waals surface area (Å²) in [5.41, 5.74) is -0.0555. The molecule has 0 N–H and O–H groups in total. The lowest BCUT2D eigenvalue weighted by atomic mass is 9.94. The van der Waals surface area contributed by atoms with Crippen LogP contribution in [-0.4, -0.2) is 36.7 Å². The SMILES string of the molecule is COCCC1(CCl)N=C(c2ccc(C(F)(F)F)cc2)N=C1C. The topological polar surface area (TPSA) is 34.0 Å². The van der Waals surface area contributed by atoms with Crippen LogP contribution in [0.5, 0.6) is 0 Å². The van der Waals surface area contributed by atoms with E-state index in [0.717, 1.165) is 17.8 Å². The fourth-order valence-corrected chi connectivity index (χ4v) is 2.60. The van der Waals surface area contributed by atoms with Gasteiger partial charge in [-0.15, -0.1) is 11.6 Å². The molecule has 22 heavy (non-hydrogen) atoms. The molecule has 7 heteroatoms. The lowest BCUT2D eigenvalue weighted by Crippen LogP contribution is -2.36. The summed E-state index contributed by atoms with van der Waals surface area (Å²) in [6.07, 6.45) is -3.78. The van der Waals surface area contributed by atoms with E-state index >= 15 is 0 Å². The van der Waals surface area contributed by atoms with Crippen LogP contribution in [0.3, 0.4) is 0 Å². The Morgan fingerprint density at radius 2 is 1.86 bits per heavy atom. The molecule has 0 fully saturated rings. The number of benzene rings is 1. The molecule has 1 aromatic carbocycles. The highest BCUT2D eigenvalue weighted by Gasteiger charge is 2.37. The van der Waals surface area contributed by atoms with Crippen molar-refractivity contribution in [3.05, 3.63) is 35.4 Å². The van der Waals surface area contributed by atoms with Gasteiger partial charge in [-0.05, 0) is 19.1 Å². The lowest BCUT2D eigenvalue weighted by molar-refractivity contribution is -0.137. The first-order valence-corrected chi connectivity index (χ1v) is 7.24. The maximum atomic E-state index is 12.6. The highest BCUT2D eigenvalue weighted by atomic mass is 35.5. The smallest absolute Gasteiger partial charge is 0.385 e. The molecule has 0 amide bonds. The Morgan fingerprint density at radius 1 is 1.23 bits per heavy atom. The molecular formula is C15H16ClF3N2O. The third-order valence-electron chi connectivity index (χ3n) is 3.68. The van der Waals surface area contributed by atoms with Gasteiger partial charge < -0.3 is 4.74 Å². The predicted molar refractivity (Wildman–Crippen MR) is 81.0 cm³/mol. The maximum Gasteiger partial charge on any atom is 0.416 e. The molecule has 0 bridgehead atoms. The number of nitrogens with zero attached hydrogens (tertiary/aromatic N) is 2. The van der Waals surface area contributed by atoms with Crippen molar-refractivity contribution in [1.29, 1.82) is 0 Å². The van der Waals surface area contributed by atoms with Gasteiger partial charge in [0.25, 0.3) is 0 Å².